The van der Waals surface area contributed by atoms with Crippen LogP contribution in [0.5, 0.6) is 0 Å². The minimum absolute atomic E-state index is 0.0622. The zero-order valence-corrected chi connectivity index (χ0v) is 26.0. The van der Waals surface area contributed by atoms with Gasteiger partial charge in [0, 0.05) is 54.1 Å². The van der Waals surface area contributed by atoms with Gasteiger partial charge in [0.05, 0.1) is 18.4 Å². The Balaban J connectivity index is 1.23. The van der Waals surface area contributed by atoms with Gasteiger partial charge in [-0.15, -0.1) is 0 Å². The highest BCUT2D eigenvalue weighted by molar-refractivity contribution is 6.35. The van der Waals surface area contributed by atoms with Gasteiger partial charge in [-0.05, 0) is 55.8 Å². The Kier molecular flexibility index (Phi) is 8.11. The second-order valence-electron chi connectivity index (χ2n) is 12.6. The number of nitrogens with zero attached hydrogens (tertiary/aromatic N) is 6. The summed E-state index contributed by atoms with van der Waals surface area (Å²) >= 11 is 6.69. The number of amides is 1. The topological polar surface area (TPSA) is 78.2 Å². The number of hydrogen-bond donors (Lipinski definition) is 1. The quantitative estimate of drug-likeness (QED) is 0.271. The SMILES string of the molecule is [C-]#[N+]C[C@H]1CN(c2nc(NCC34CCCN3CCC4)nc3c2COC(c2cccc4cccc(Cl)c24)C3)CCN1C(=O)C(=C)F. The number of carbonyl (C=O) groups excluding carboxylic acids is 1. The van der Waals surface area contributed by atoms with Crippen LogP contribution in [0.15, 0.2) is 48.8 Å². The van der Waals surface area contributed by atoms with Crippen LogP contribution < -0.4 is 10.2 Å². The number of anilines is 2. The number of ether oxygens (including phenoxy) is 1. The lowest BCUT2D eigenvalue weighted by Crippen LogP contribution is -2.57. The summed E-state index contributed by atoms with van der Waals surface area (Å²) < 4.78 is 20.4. The van der Waals surface area contributed by atoms with Gasteiger partial charge in [0.1, 0.15) is 11.9 Å². The van der Waals surface area contributed by atoms with E-state index < -0.39 is 17.8 Å². The molecule has 2 aromatic carbocycles. The van der Waals surface area contributed by atoms with Crippen LogP contribution in [-0.4, -0.2) is 83.1 Å². The molecule has 3 fully saturated rings. The number of rotatable bonds is 7. The first-order valence-electron chi connectivity index (χ1n) is 15.8. The fraction of sp³-hybridized carbons (Fsp3) is 0.471. The minimum Gasteiger partial charge on any atom is -0.368 e. The number of carbonyl (C=O) groups is 1. The Labute approximate surface area is 267 Å². The van der Waals surface area contributed by atoms with Crippen molar-refractivity contribution in [3.8, 4) is 0 Å². The van der Waals surface area contributed by atoms with E-state index in [2.05, 4.69) is 44.7 Å². The summed E-state index contributed by atoms with van der Waals surface area (Å²) in [7, 11) is 0. The number of nitrogens with one attached hydrogen (secondary N) is 1. The van der Waals surface area contributed by atoms with Gasteiger partial charge in [-0.2, -0.15) is 4.98 Å². The number of piperazine rings is 1. The molecular formula is C34H37ClFN7O2. The monoisotopic (exact) mass is 629 g/mol. The fourth-order valence-corrected chi connectivity index (χ4v) is 8.16. The summed E-state index contributed by atoms with van der Waals surface area (Å²) in [4.78, 5) is 32.4. The van der Waals surface area contributed by atoms with Crippen LogP contribution in [0.4, 0.5) is 16.2 Å². The second kappa shape index (κ2) is 12.2. The van der Waals surface area contributed by atoms with Gasteiger partial charge in [0.2, 0.25) is 12.5 Å². The third kappa shape index (κ3) is 5.51. The minimum atomic E-state index is -1.01. The van der Waals surface area contributed by atoms with Crippen molar-refractivity contribution >= 4 is 40.0 Å². The number of hydrogen-bond acceptors (Lipinski definition) is 7. The summed E-state index contributed by atoms with van der Waals surface area (Å²) in [5, 5.41) is 6.36. The standard InChI is InChI=1S/C34H37ClFN7O2/c1-22(36)32(44)43-16-15-41(19-24(43)18-37-2)31-26-20-45-29(25-9-3-7-23-8-4-10-27(35)30(23)25)17-28(26)39-33(40-31)38-21-34-11-5-13-42(34)14-6-12-34/h3-4,7-10,24,29H,1,5-6,11-21H2,(H,38,39,40)/t24-,29?/m0/s1. The average Bonchev–Trinajstić information content (AvgIpc) is 3.63. The number of benzene rings is 2. The van der Waals surface area contributed by atoms with Crippen molar-refractivity contribution in [2.45, 2.75) is 56.4 Å². The zero-order chi connectivity index (χ0) is 31.1. The van der Waals surface area contributed by atoms with Crippen LogP contribution in [0.1, 0.15) is 48.6 Å². The lowest BCUT2D eigenvalue weighted by molar-refractivity contribution is -0.131. The predicted molar refractivity (Wildman–Crippen MR) is 173 cm³/mol. The molecule has 1 N–H and O–H groups in total. The van der Waals surface area contributed by atoms with Crippen molar-refractivity contribution in [1.29, 1.82) is 0 Å². The average molecular weight is 630 g/mol. The molecule has 4 aliphatic heterocycles. The van der Waals surface area contributed by atoms with Crippen LogP contribution in [0, 0.1) is 6.57 Å². The molecule has 1 unspecified atom stereocenters. The van der Waals surface area contributed by atoms with E-state index in [4.69, 9.17) is 32.9 Å². The highest BCUT2D eigenvalue weighted by Gasteiger charge is 2.44. The first-order chi connectivity index (χ1) is 21.9. The maximum absolute atomic E-state index is 13.9. The van der Waals surface area contributed by atoms with Gasteiger partial charge >= 0.3 is 0 Å². The molecule has 0 saturated carbocycles. The maximum atomic E-state index is 13.9. The third-order valence-corrected chi connectivity index (χ3v) is 10.4. The Hall–Kier alpha value is -3.78. The molecule has 1 aromatic heterocycles. The summed E-state index contributed by atoms with van der Waals surface area (Å²) in [6.45, 7) is 15.2. The van der Waals surface area contributed by atoms with E-state index in [0.717, 1.165) is 53.0 Å². The maximum Gasteiger partial charge on any atom is 0.282 e. The van der Waals surface area contributed by atoms with Gasteiger partial charge < -0.3 is 24.7 Å². The molecular weight excluding hydrogens is 593 g/mol. The molecule has 5 heterocycles. The van der Waals surface area contributed by atoms with E-state index in [0.29, 0.717) is 37.1 Å². The first kappa shape index (κ1) is 29.9. The van der Waals surface area contributed by atoms with E-state index in [9.17, 15) is 9.18 Å². The van der Waals surface area contributed by atoms with Gasteiger partial charge in [0.25, 0.3) is 5.91 Å². The molecule has 3 aromatic rings. The van der Waals surface area contributed by atoms with Gasteiger partial charge in [-0.1, -0.05) is 48.5 Å². The summed E-state index contributed by atoms with van der Waals surface area (Å²) in [6, 6.07) is 11.6. The molecule has 45 heavy (non-hydrogen) atoms. The molecule has 7 rings (SSSR count). The molecule has 0 aliphatic carbocycles. The molecule has 1 amide bonds. The van der Waals surface area contributed by atoms with Crippen LogP contribution >= 0.6 is 11.6 Å². The number of fused-ring (bicyclic) bond motifs is 3. The van der Waals surface area contributed by atoms with Crippen molar-refractivity contribution in [2.24, 2.45) is 0 Å². The predicted octanol–water partition coefficient (Wildman–Crippen LogP) is 5.56. The molecule has 234 valence electrons. The summed E-state index contributed by atoms with van der Waals surface area (Å²) in [5.74, 6) is -0.451. The Morgan fingerprint density at radius 3 is 2.69 bits per heavy atom. The normalized spacial score (nSPS) is 22.6. The molecule has 9 nitrogen and oxygen atoms in total. The molecule has 0 radical (unpaired) electrons. The van der Waals surface area contributed by atoms with E-state index in [1.807, 2.05) is 18.2 Å². The molecule has 2 atom stereocenters. The van der Waals surface area contributed by atoms with E-state index >= 15 is 0 Å². The Morgan fingerprint density at radius 2 is 1.93 bits per heavy atom. The van der Waals surface area contributed by atoms with Crippen molar-refractivity contribution < 1.29 is 13.9 Å². The Bertz CT molecular complexity index is 1680. The van der Waals surface area contributed by atoms with Crippen LogP contribution in [0.3, 0.4) is 0 Å². The zero-order valence-electron chi connectivity index (χ0n) is 25.3. The van der Waals surface area contributed by atoms with Crippen molar-refractivity contribution in [3.05, 3.63) is 82.1 Å². The highest BCUT2D eigenvalue weighted by Crippen LogP contribution is 2.41. The third-order valence-electron chi connectivity index (χ3n) is 10.1. The van der Waals surface area contributed by atoms with E-state index in [1.54, 1.807) is 0 Å². The summed E-state index contributed by atoms with van der Waals surface area (Å²) in [6.07, 6.45) is 5.07. The van der Waals surface area contributed by atoms with Gasteiger partial charge in [0.15, 0.2) is 5.83 Å². The molecule has 0 spiro atoms. The van der Waals surface area contributed by atoms with Gasteiger partial charge in [-0.3, -0.25) is 9.69 Å². The lowest BCUT2D eigenvalue weighted by Gasteiger charge is -2.41. The van der Waals surface area contributed by atoms with E-state index in [1.165, 1.54) is 30.6 Å². The van der Waals surface area contributed by atoms with Gasteiger partial charge in [-0.25, -0.2) is 15.9 Å². The second-order valence-corrected chi connectivity index (χ2v) is 13.0. The molecule has 0 bridgehead atoms. The lowest BCUT2D eigenvalue weighted by atomic mass is 9.94. The molecule has 11 heteroatoms. The largest absolute Gasteiger partial charge is 0.368 e. The van der Waals surface area contributed by atoms with Crippen LogP contribution in [0.25, 0.3) is 15.6 Å². The number of aromatic nitrogens is 2. The fourth-order valence-electron chi connectivity index (χ4n) is 7.87. The molecule has 4 aliphatic rings. The number of halogens is 2. The van der Waals surface area contributed by atoms with E-state index in [-0.39, 0.29) is 24.7 Å². The first-order valence-corrected chi connectivity index (χ1v) is 16.2. The molecule has 3 saturated heterocycles. The Morgan fingerprint density at radius 1 is 1.16 bits per heavy atom. The highest BCUT2D eigenvalue weighted by atomic mass is 35.5. The van der Waals surface area contributed by atoms with Crippen molar-refractivity contribution in [2.75, 3.05) is 56.0 Å². The van der Waals surface area contributed by atoms with Crippen LogP contribution in [-0.2, 0) is 22.6 Å². The van der Waals surface area contributed by atoms with Crippen molar-refractivity contribution in [1.82, 2.24) is 19.8 Å². The smallest absolute Gasteiger partial charge is 0.282 e. The summed E-state index contributed by atoms with van der Waals surface area (Å²) in [5.41, 5.74) is 2.99. The van der Waals surface area contributed by atoms with Crippen LogP contribution in [0.2, 0.25) is 5.02 Å². The van der Waals surface area contributed by atoms with Crippen molar-refractivity contribution in [3.63, 3.8) is 0 Å².